The van der Waals surface area contributed by atoms with E-state index in [0.29, 0.717) is 25.7 Å². The van der Waals surface area contributed by atoms with E-state index in [4.69, 9.17) is 15.2 Å². The third-order valence-electron chi connectivity index (χ3n) is 2.57. The van der Waals surface area contributed by atoms with Crippen molar-refractivity contribution in [3.63, 3.8) is 0 Å². The van der Waals surface area contributed by atoms with Crippen LogP contribution in [0, 0.1) is 5.92 Å². The lowest BCUT2D eigenvalue weighted by atomic mass is 10.1. The van der Waals surface area contributed by atoms with Gasteiger partial charge in [0.05, 0.1) is 6.61 Å². The summed E-state index contributed by atoms with van der Waals surface area (Å²) >= 11 is 3.42. The second-order valence-electron chi connectivity index (χ2n) is 4.60. The number of benzene rings is 1. The first kappa shape index (κ1) is 15.5. The van der Waals surface area contributed by atoms with Gasteiger partial charge in [0.15, 0.2) is 0 Å². The molecule has 0 aliphatic heterocycles. The molecule has 0 atom stereocenters. The summed E-state index contributed by atoms with van der Waals surface area (Å²) in [5, 5.41) is 0. The SMILES string of the molecule is CC(C)CCOCCOc1ccc(Br)cc1CN. The van der Waals surface area contributed by atoms with Crippen molar-refractivity contribution in [2.75, 3.05) is 19.8 Å². The number of hydrogen-bond acceptors (Lipinski definition) is 3. The van der Waals surface area contributed by atoms with Crippen LogP contribution in [-0.4, -0.2) is 19.8 Å². The van der Waals surface area contributed by atoms with Crippen molar-refractivity contribution in [3.05, 3.63) is 28.2 Å². The van der Waals surface area contributed by atoms with Crippen LogP contribution in [0.2, 0.25) is 0 Å². The Hall–Kier alpha value is -0.580. The highest BCUT2D eigenvalue weighted by Crippen LogP contribution is 2.22. The van der Waals surface area contributed by atoms with Gasteiger partial charge in [-0.3, -0.25) is 0 Å². The van der Waals surface area contributed by atoms with Gasteiger partial charge in [0.2, 0.25) is 0 Å². The Morgan fingerprint density at radius 3 is 2.67 bits per heavy atom. The Bertz CT molecular complexity index is 356. The van der Waals surface area contributed by atoms with E-state index in [-0.39, 0.29) is 0 Å². The van der Waals surface area contributed by atoms with Crippen molar-refractivity contribution in [1.82, 2.24) is 0 Å². The van der Waals surface area contributed by atoms with E-state index < -0.39 is 0 Å². The van der Waals surface area contributed by atoms with E-state index in [2.05, 4.69) is 29.8 Å². The number of halogens is 1. The lowest BCUT2D eigenvalue weighted by Gasteiger charge is -2.11. The van der Waals surface area contributed by atoms with E-state index in [1.165, 1.54) is 0 Å². The molecule has 102 valence electrons. The van der Waals surface area contributed by atoms with E-state index in [9.17, 15) is 0 Å². The highest BCUT2D eigenvalue weighted by Gasteiger charge is 2.03. The van der Waals surface area contributed by atoms with Crippen LogP contribution in [0.1, 0.15) is 25.8 Å². The molecule has 0 bridgehead atoms. The van der Waals surface area contributed by atoms with Crippen molar-refractivity contribution in [1.29, 1.82) is 0 Å². The molecule has 0 fully saturated rings. The van der Waals surface area contributed by atoms with Gasteiger partial charge in [-0.1, -0.05) is 29.8 Å². The molecule has 0 radical (unpaired) electrons. The van der Waals surface area contributed by atoms with Crippen LogP contribution < -0.4 is 10.5 Å². The summed E-state index contributed by atoms with van der Waals surface area (Å²) in [4.78, 5) is 0. The average molecular weight is 316 g/mol. The van der Waals surface area contributed by atoms with Crippen molar-refractivity contribution >= 4 is 15.9 Å². The molecule has 3 nitrogen and oxygen atoms in total. The zero-order valence-corrected chi connectivity index (χ0v) is 12.7. The van der Waals surface area contributed by atoms with Crippen molar-refractivity contribution in [2.45, 2.75) is 26.8 Å². The standard InChI is InChI=1S/C14H22BrNO2/c1-11(2)5-6-17-7-8-18-14-4-3-13(15)9-12(14)10-16/h3-4,9,11H,5-8,10,16H2,1-2H3. The Kier molecular flexibility index (Phi) is 7.32. The molecule has 1 rings (SSSR count). The number of ether oxygens (including phenoxy) is 2. The molecule has 0 saturated heterocycles. The van der Waals surface area contributed by atoms with Gasteiger partial charge in [0, 0.05) is 23.2 Å². The molecule has 0 aliphatic rings. The second kappa shape index (κ2) is 8.51. The molecule has 1 aromatic carbocycles. The molecule has 4 heteroatoms. The molecule has 18 heavy (non-hydrogen) atoms. The van der Waals surface area contributed by atoms with Crippen molar-refractivity contribution in [3.8, 4) is 5.75 Å². The maximum Gasteiger partial charge on any atom is 0.123 e. The van der Waals surface area contributed by atoms with Gasteiger partial charge < -0.3 is 15.2 Å². The first-order valence-corrected chi connectivity index (χ1v) is 7.11. The van der Waals surface area contributed by atoms with Gasteiger partial charge in [0.1, 0.15) is 12.4 Å². The van der Waals surface area contributed by atoms with E-state index in [1.54, 1.807) is 0 Å². The minimum Gasteiger partial charge on any atom is -0.491 e. The van der Waals surface area contributed by atoms with E-state index >= 15 is 0 Å². The highest BCUT2D eigenvalue weighted by molar-refractivity contribution is 9.10. The first-order valence-electron chi connectivity index (χ1n) is 6.32. The average Bonchev–Trinajstić information content (AvgIpc) is 2.34. The largest absolute Gasteiger partial charge is 0.491 e. The summed E-state index contributed by atoms with van der Waals surface area (Å²) in [6.45, 7) is 6.83. The van der Waals surface area contributed by atoms with Gasteiger partial charge in [0.25, 0.3) is 0 Å². The zero-order valence-electron chi connectivity index (χ0n) is 11.1. The van der Waals surface area contributed by atoms with Gasteiger partial charge in [-0.2, -0.15) is 0 Å². The number of nitrogens with two attached hydrogens (primary N) is 1. The van der Waals surface area contributed by atoms with Gasteiger partial charge in [-0.15, -0.1) is 0 Å². The smallest absolute Gasteiger partial charge is 0.123 e. The van der Waals surface area contributed by atoms with Crippen LogP contribution in [0.5, 0.6) is 5.75 Å². The lowest BCUT2D eigenvalue weighted by molar-refractivity contribution is 0.0923. The van der Waals surface area contributed by atoms with Crippen LogP contribution in [0.15, 0.2) is 22.7 Å². The third kappa shape index (κ3) is 5.85. The molecule has 0 spiro atoms. The molecule has 0 amide bonds. The highest BCUT2D eigenvalue weighted by atomic mass is 79.9. The van der Waals surface area contributed by atoms with Crippen LogP contribution in [-0.2, 0) is 11.3 Å². The molecule has 1 aromatic rings. The second-order valence-corrected chi connectivity index (χ2v) is 5.52. The quantitative estimate of drug-likeness (QED) is 0.748. The summed E-state index contributed by atoms with van der Waals surface area (Å²) in [6, 6.07) is 5.86. The van der Waals surface area contributed by atoms with Gasteiger partial charge in [-0.25, -0.2) is 0 Å². The predicted molar refractivity (Wildman–Crippen MR) is 77.8 cm³/mol. The molecule has 2 N–H and O–H groups in total. The minimum atomic E-state index is 0.475. The minimum absolute atomic E-state index is 0.475. The van der Waals surface area contributed by atoms with E-state index in [0.717, 1.165) is 28.8 Å². The van der Waals surface area contributed by atoms with Gasteiger partial charge >= 0.3 is 0 Å². The fourth-order valence-electron chi connectivity index (χ4n) is 1.48. The van der Waals surface area contributed by atoms with Crippen LogP contribution in [0.3, 0.4) is 0 Å². The molecular weight excluding hydrogens is 294 g/mol. The number of hydrogen-bond donors (Lipinski definition) is 1. The Morgan fingerprint density at radius 1 is 1.22 bits per heavy atom. The topological polar surface area (TPSA) is 44.5 Å². The Morgan fingerprint density at radius 2 is 2.00 bits per heavy atom. The van der Waals surface area contributed by atoms with Gasteiger partial charge in [-0.05, 0) is 30.5 Å². The fraction of sp³-hybridized carbons (Fsp3) is 0.571. The summed E-state index contributed by atoms with van der Waals surface area (Å²) in [6.07, 6.45) is 1.09. The molecule has 0 saturated carbocycles. The van der Waals surface area contributed by atoms with Crippen LogP contribution in [0.4, 0.5) is 0 Å². The normalized spacial score (nSPS) is 10.9. The van der Waals surface area contributed by atoms with Crippen LogP contribution >= 0.6 is 15.9 Å². The molecule has 0 heterocycles. The zero-order chi connectivity index (χ0) is 13.4. The van der Waals surface area contributed by atoms with Crippen molar-refractivity contribution < 1.29 is 9.47 Å². The van der Waals surface area contributed by atoms with E-state index in [1.807, 2.05) is 18.2 Å². The fourth-order valence-corrected chi connectivity index (χ4v) is 1.89. The Balaban J connectivity index is 2.27. The maximum atomic E-state index is 5.67. The third-order valence-corrected chi connectivity index (χ3v) is 3.06. The predicted octanol–water partition coefficient (Wildman–Crippen LogP) is 3.35. The molecular formula is C14H22BrNO2. The number of rotatable bonds is 8. The lowest BCUT2D eigenvalue weighted by Crippen LogP contribution is -2.10. The molecule has 0 aliphatic carbocycles. The molecule has 0 aromatic heterocycles. The first-order chi connectivity index (χ1) is 8.63. The summed E-state index contributed by atoms with van der Waals surface area (Å²) in [5.74, 6) is 1.52. The van der Waals surface area contributed by atoms with Crippen LogP contribution in [0.25, 0.3) is 0 Å². The maximum absolute atomic E-state index is 5.67. The van der Waals surface area contributed by atoms with Crippen molar-refractivity contribution in [2.24, 2.45) is 11.7 Å². The molecule has 0 unspecified atom stereocenters. The Labute approximate surface area is 118 Å². The summed E-state index contributed by atoms with van der Waals surface area (Å²) < 4.78 is 12.2. The monoisotopic (exact) mass is 315 g/mol. The summed E-state index contributed by atoms with van der Waals surface area (Å²) in [5.41, 5.74) is 6.68. The summed E-state index contributed by atoms with van der Waals surface area (Å²) in [7, 11) is 0.